The predicted octanol–water partition coefficient (Wildman–Crippen LogP) is 3.59. The van der Waals surface area contributed by atoms with Gasteiger partial charge >= 0.3 is 0 Å². The Hall–Kier alpha value is -1.65. The van der Waals surface area contributed by atoms with E-state index < -0.39 is 6.10 Å². The highest BCUT2D eigenvalue weighted by Crippen LogP contribution is 2.31. The molecule has 1 atom stereocenters. The topological polar surface area (TPSA) is 46.3 Å². The van der Waals surface area contributed by atoms with E-state index in [1.807, 2.05) is 38.1 Å². The number of aryl methyl sites for hydroxylation is 2. The molecule has 1 unspecified atom stereocenters. The van der Waals surface area contributed by atoms with Crippen LogP contribution in [0.1, 0.15) is 27.3 Å². The third kappa shape index (κ3) is 1.94. The molecule has 0 saturated heterocycles. The summed E-state index contributed by atoms with van der Waals surface area (Å²) in [4.78, 5) is 4.96. The van der Waals surface area contributed by atoms with Gasteiger partial charge in [0.25, 0.3) is 0 Å². The van der Waals surface area contributed by atoms with Gasteiger partial charge in [-0.25, -0.2) is 4.98 Å². The van der Waals surface area contributed by atoms with Gasteiger partial charge in [0.15, 0.2) is 0 Å². The first-order valence-corrected chi connectivity index (χ1v) is 6.55. The van der Waals surface area contributed by atoms with Crippen molar-refractivity contribution in [2.24, 2.45) is 0 Å². The monoisotopic (exact) mass is 259 g/mol. The third-order valence-electron chi connectivity index (χ3n) is 2.87. The first-order chi connectivity index (χ1) is 8.63. The van der Waals surface area contributed by atoms with Gasteiger partial charge in [-0.15, -0.1) is 11.3 Å². The van der Waals surface area contributed by atoms with Gasteiger partial charge in [0, 0.05) is 11.6 Å². The lowest BCUT2D eigenvalue weighted by Crippen LogP contribution is -1.94. The van der Waals surface area contributed by atoms with Gasteiger partial charge in [-0.1, -0.05) is 11.6 Å². The van der Waals surface area contributed by atoms with Crippen molar-refractivity contribution in [3.8, 4) is 0 Å². The van der Waals surface area contributed by atoms with E-state index in [0.29, 0.717) is 5.76 Å². The van der Waals surface area contributed by atoms with E-state index in [1.54, 1.807) is 6.20 Å². The summed E-state index contributed by atoms with van der Waals surface area (Å²) < 4.78 is 5.68. The molecule has 1 aromatic carbocycles. The van der Waals surface area contributed by atoms with Crippen LogP contribution in [0.5, 0.6) is 0 Å². The van der Waals surface area contributed by atoms with Crippen molar-refractivity contribution in [1.82, 2.24) is 4.98 Å². The van der Waals surface area contributed by atoms with Crippen LogP contribution < -0.4 is 0 Å². The van der Waals surface area contributed by atoms with Crippen molar-refractivity contribution in [3.63, 3.8) is 0 Å². The van der Waals surface area contributed by atoms with E-state index >= 15 is 0 Å². The minimum atomic E-state index is -0.732. The molecule has 2 aromatic heterocycles. The zero-order chi connectivity index (χ0) is 12.7. The number of fused-ring (bicyclic) bond motifs is 1. The second kappa shape index (κ2) is 4.23. The summed E-state index contributed by atoms with van der Waals surface area (Å²) in [5.74, 6) is 0.569. The predicted molar refractivity (Wildman–Crippen MR) is 71.9 cm³/mol. The van der Waals surface area contributed by atoms with Crippen LogP contribution in [-0.2, 0) is 0 Å². The van der Waals surface area contributed by atoms with E-state index in [4.69, 9.17) is 4.42 Å². The van der Waals surface area contributed by atoms with Gasteiger partial charge in [-0.2, -0.15) is 0 Å². The highest BCUT2D eigenvalue weighted by atomic mass is 32.1. The van der Waals surface area contributed by atoms with Crippen molar-refractivity contribution in [1.29, 1.82) is 0 Å². The highest BCUT2D eigenvalue weighted by Gasteiger charge is 2.17. The van der Waals surface area contributed by atoms with Gasteiger partial charge < -0.3 is 9.52 Å². The summed E-state index contributed by atoms with van der Waals surface area (Å²) in [5, 5.41) is 12.2. The molecule has 0 aliphatic rings. The lowest BCUT2D eigenvalue weighted by atomic mass is 10.1. The molecule has 2 heterocycles. The van der Waals surface area contributed by atoms with Crippen LogP contribution in [0.4, 0.5) is 0 Å². The maximum atomic E-state index is 10.3. The quantitative estimate of drug-likeness (QED) is 0.765. The smallest absolute Gasteiger partial charge is 0.147 e. The van der Waals surface area contributed by atoms with Crippen LogP contribution in [0.2, 0.25) is 0 Å². The van der Waals surface area contributed by atoms with Crippen molar-refractivity contribution in [2.75, 3.05) is 0 Å². The maximum Gasteiger partial charge on any atom is 0.147 e. The van der Waals surface area contributed by atoms with Crippen LogP contribution in [0.15, 0.2) is 34.9 Å². The van der Waals surface area contributed by atoms with E-state index in [0.717, 1.165) is 20.9 Å². The van der Waals surface area contributed by atoms with Crippen molar-refractivity contribution < 1.29 is 9.52 Å². The molecule has 4 heteroatoms. The molecule has 3 aromatic rings. The van der Waals surface area contributed by atoms with Crippen molar-refractivity contribution >= 4 is 22.3 Å². The number of hydrogen-bond donors (Lipinski definition) is 1. The second-order valence-electron chi connectivity index (χ2n) is 4.37. The molecule has 3 rings (SSSR count). The van der Waals surface area contributed by atoms with E-state index in [9.17, 15) is 5.11 Å². The summed E-state index contributed by atoms with van der Waals surface area (Å²) in [6.45, 7) is 3.96. The van der Waals surface area contributed by atoms with Gasteiger partial charge in [0.2, 0.25) is 0 Å². The van der Waals surface area contributed by atoms with Gasteiger partial charge in [0.05, 0.1) is 9.88 Å². The molecule has 18 heavy (non-hydrogen) atoms. The van der Waals surface area contributed by atoms with Gasteiger partial charge in [-0.3, -0.25) is 0 Å². The third-order valence-corrected chi connectivity index (χ3v) is 3.83. The van der Waals surface area contributed by atoms with Crippen LogP contribution in [-0.4, -0.2) is 10.1 Å². The Labute approximate surface area is 109 Å². The van der Waals surface area contributed by atoms with E-state index in [-0.39, 0.29) is 0 Å². The van der Waals surface area contributed by atoms with E-state index in [1.165, 1.54) is 16.9 Å². The Morgan fingerprint density at radius 3 is 2.83 bits per heavy atom. The first-order valence-electron chi connectivity index (χ1n) is 5.74. The zero-order valence-corrected chi connectivity index (χ0v) is 11.0. The average Bonchev–Trinajstić information content (AvgIpc) is 2.93. The Morgan fingerprint density at radius 2 is 2.11 bits per heavy atom. The summed E-state index contributed by atoms with van der Waals surface area (Å²) in [6, 6.07) is 7.87. The number of aliphatic hydroxyl groups is 1. The summed E-state index contributed by atoms with van der Waals surface area (Å²) in [7, 11) is 0. The largest absolute Gasteiger partial charge is 0.458 e. The Kier molecular flexibility index (Phi) is 2.69. The van der Waals surface area contributed by atoms with Gasteiger partial charge in [-0.05, 0) is 32.0 Å². The normalized spacial score (nSPS) is 13.1. The first kappa shape index (κ1) is 11.4. The maximum absolute atomic E-state index is 10.3. The number of nitrogens with zero attached hydrogens (tertiary/aromatic N) is 1. The summed E-state index contributed by atoms with van der Waals surface area (Å²) in [6.07, 6.45) is 0.965. The number of aliphatic hydroxyl groups excluding tert-OH is 1. The summed E-state index contributed by atoms with van der Waals surface area (Å²) in [5.41, 5.74) is 1.98. The molecule has 0 aliphatic carbocycles. The number of hydrogen-bond acceptors (Lipinski definition) is 4. The van der Waals surface area contributed by atoms with E-state index in [2.05, 4.69) is 4.98 Å². The lowest BCUT2D eigenvalue weighted by molar-refractivity contribution is 0.195. The fourth-order valence-corrected chi connectivity index (χ4v) is 2.74. The molecule has 1 N–H and O–H groups in total. The zero-order valence-electron chi connectivity index (χ0n) is 10.2. The van der Waals surface area contributed by atoms with Crippen LogP contribution in [0, 0.1) is 13.8 Å². The number of furan rings is 1. The molecular formula is C14H13NO2S. The van der Waals surface area contributed by atoms with Crippen LogP contribution >= 0.6 is 11.3 Å². The summed E-state index contributed by atoms with van der Waals surface area (Å²) >= 11 is 1.48. The Morgan fingerprint density at radius 1 is 1.28 bits per heavy atom. The molecule has 0 aliphatic heterocycles. The molecule has 0 radical (unpaired) electrons. The fourth-order valence-electron chi connectivity index (χ4n) is 1.96. The molecule has 0 saturated carbocycles. The second-order valence-corrected chi connectivity index (χ2v) is 5.64. The fraction of sp³-hybridized carbons (Fsp3) is 0.214. The SMILES string of the molecule is Cc1ccc2oc(C(O)c3cnc(C)s3)cc2c1. The highest BCUT2D eigenvalue weighted by molar-refractivity contribution is 7.11. The standard InChI is InChI=1S/C14H13NO2S/c1-8-3-4-11-10(5-8)6-12(17-11)14(16)13-7-15-9(2)18-13/h3-7,14,16H,1-2H3. The van der Waals surface area contributed by atoms with Crippen molar-refractivity contribution in [3.05, 3.63) is 51.7 Å². The van der Waals surface area contributed by atoms with Crippen LogP contribution in [0.3, 0.4) is 0 Å². The molecule has 92 valence electrons. The Balaban J connectivity index is 2.03. The lowest BCUT2D eigenvalue weighted by Gasteiger charge is -2.02. The molecule has 0 fully saturated rings. The Bertz CT molecular complexity index is 699. The van der Waals surface area contributed by atoms with Crippen LogP contribution in [0.25, 0.3) is 11.0 Å². The minimum absolute atomic E-state index is 0.569. The molecule has 0 spiro atoms. The number of thiazole rings is 1. The van der Waals surface area contributed by atoms with Gasteiger partial charge in [0.1, 0.15) is 17.4 Å². The number of aromatic nitrogens is 1. The molecule has 0 amide bonds. The molecular weight excluding hydrogens is 246 g/mol. The molecule has 3 nitrogen and oxygen atoms in total. The average molecular weight is 259 g/mol. The van der Waals surface area contributed by atoms with Crippen molar-refractivity contribution in [2.45, 2.75) is 20.0 Å². The number of rotatable bonds is 2. The number of benzene rings is 1. The molecule has 0 bridgehead atoms. The minimum Gasteiger partial charge on any atom is -0.458 e.